The van der Waals surface area contributed by atoms with E-state index in [4.69, 9.17) is 5.10 Å². The van der Waals surface area contributed by atoms with Crippen LogP contribution in [0.2, 0.25) is 0 Å². The fraction of sp³-hybridized carbons (Fsp3) is 0.500. The van der Waals surface area contributed by atoms with Crippen LogP contribution in [0.3, 0.4) is 0 Å². The number of hydrogen-bond donors (Lipinski definition) is 1. The number of halogens is 2. The second kappa shape index (κ2) is 17.8. The van der Waals surface area contributed by atoms with Gasteiger partial charge < -0.3 is 19.6 Å². The zero-order chi connectivity index (χ0) is 45.8. The van der Waals surface area contributed by atoms with Crippen LogP contribution in [-0.2, 0) is 47.9 Å². The number of rotatable bonds is 8. The number of piperidine rings is 2. The molecule has 0 aliphatic carbocycles. The molecule has 18 heteroatoms. The summed E-state index contributed by atoms with van der Waals surface area (Å²) in [6, 6.07) is 12.0. The topological polar surface area (TPSA) is 142 Å². The largest absolute Gasteiger partial charge is 0.338 e. The van der Waals surface area contributed by atoms with Crippen molar-refractivity contribution in [2.24, 2.45) is 14.1 Å². The van der Waals surface area contributed by atoms with Gasteiger partial charge in [-0.1, -0.05) is 0 Å². The number of nitrogens with zero attached hydrogens (tertiary/aromatic N) is 11. The van der Waals surface area contributed by atoms with Crippen molar-refractivity contribution in [1.82, 2.24) is 53.6 Å². The monoisotopic (exact) mass is 902 g/mol. The number of nitrogens with one attached hydrogen (secondary N) is 1. The van der Waals surface area contributed by atoms with Gasteiger partial charge in [-0.15, -0.1) is 0 Å². The van der Waals surface area contributed by atoms with Crippen molar-refractivity contribution in [3.63, 3.8) is 0 Å². The highest BCUT2D eigenvalue weighted by molar-refractivity contribution is 6.00. The van der Waals surface area contributed by atoms with Gasteiger partial charge in [-0.05, 0) is 79.5 Å². The van der Waals surface area contributed by atoms with Crippen LogP contribution in [0.25, 0.3) is 22.2 Å². The van der Waals surface area contributed by atoms with Crippen LogP contribution in [0.4, 0.5) is 20.3 Å². The molecule has 0 spiro atoms. The Balaban J connectivity index is 0.770. The number of imidazole rings is 1. The molecule has 3 amide bonds. The van der Waals surface area contributed by atoms with Gasteiger partial charge in [0.15, 0.2) is 5.82 Å². The van der Waals surface area contributed by atoms with Crippen LogP contribution in [0.1, 0.15) is 85.5 Å². The Bertz CT molecular complexity index is 2830. The lowest BCUT2D eigenvalue weighted by Crippen LogP contribution is -2.47. The molecule has 8 heterocycles. The van der Waals surface area contributed by atoms with Crippen molar-refractivity contribution in [2.45, 2.75) is 76.9 Å². The van der Waals surface area contributed by atoms with Crippen molar-refractivity contribution in [2.75, 3.05) is 70.3 Å². The summed E-state index contributed by atoms with van der Waals surface area (Å²) in [7, 11) is 3.47. The van der Waals surface area contributed by atoms with E-state index in [0.717, 1.165) is 112 Å². The molecule has 5 aliphatic heterocycles. The summed E-state index contributed by atoms with van der Waals surface area (Å²) in [4.78, 5) is 61.3. The van der Waals surface area contributed by atoms with E-state index in [2.05, 4.69) is 46.7 Å². The standard InChI is InChI=1S/C48H56F2N12O4/c1-31(63)59-18-13-39-38(30-59)46(60-14-4-5-33-26-36(34-28-51-54(2)29-34)37(45(49)50)27-42(33)60)53-62(39)35-11-16-56(17-12-35)19-22-58-23-20-57(21-24-58)15-10-32-6-7-40-43(25-32)55(3)48(66)61(40)41-8-9-44(64)52-47(41)65/h6-7,25-29,35,41,45H,4-5,8-9,11-14,16-24,30H2,1-3H3,(H,52,64,65). The molecule has 0 saturated carbocycles. The van der Waals surface area contributed by atoms with Crippen LogP contribution in [0.5, 0.6) is 0 Å². The molecule has 346 valence electrons. The van der Waals surface area contributed by atoms with Gasteiger partial charge in [-0.3, -0.25) is 43.1 Å². The molecular weight excluding hydrogens is 847 g/mol. The van der Waals surface area contributed by atoms with Crippen LogP contribution >= 0.6 is 0 Å². The Morgan fingerprint density at radius 1 is 0.894 bits per heavy atom. The first-order valence-corrected chi connectivity index (χ1v) is 23.2. The molecule has 3 aromatic heterocycles. The molecule has 5 aliphatic rings. The first-order chi connectivity index (χ1) is 31.9. The minimum atomic E-state index is -2.66. The number of alkyl halides is 2. The number of likely N-dealkylation sites (tertiary alicyclic amines) is 1. The molecule has 1 unspecified atom stereocenters. The Morgan fingerprint density at radius 3 is 2.38 bits per heavy atom. The maximum atomic E-state index is 14.7. The van der Waals surface area contributed by atoms with Crippen molar-refractivity contribution in [3.8, 4) is 23.1 Å². The number of piperazine rings is 1. The van der Waals surface area contributed by atoms with E-state index in [1.807, 2.05) is 29.2 Å². The van der Waals surface area contributed by atoms with E-state index in [-0.39, 0.29) is 42.0 Å². The minimum absolute atomic E-state index is 0.0151. The van der Waals surface area contributed by atoms with E-state index < -0.39 is 18.4 Å². The third-order valence-corrected chi connectivity index (χ3v) is 14.4. The van der Waals surface area contributed by atoms with E-state index in [0.29, 0.717) is 48.2 Å². The minimum Gasteiger partial charge on any atom is -0.338 e. The maximum Gasteiger partial charge on any atom is 0.329 e. The van der Waals surface area contributed by atoms with E-state index >= 15 is 0 Å². The number of fused-ring (bicyclic) bond motifs is 3. The summed E-state index contributed by atoms with van der Waals surface area (Å²) < 4.78 is 36.3. The molecule has 10 rings (SSSR count). The van der Waals surface area contributed by atoms with E-state index in [1.165, 1.54) is 9.13 Å². The van der Waals surface area contributed by atoms with Gasteiger partial charge in [0, 0.05) is 145 Å². The molecule has 3 saturated heterocycles. The lowest BCUT2D eigenvalue weighted by molar-refractivity contribution is -0.135. The molecule has 1 N–H and O–H groups in total. The number of benzene rings is 2. The van der Waals surface area contributed by atoms with Gasteiger partial charge in [0.25, 0.3) is 6.43 Å². The fourth-order valence-electron chi connectivity index (χ4n) is 10.6. The number of aromatic nitrogens is 6. The third kappa shape index (κ3) is 8.27. The SMILES string of the molecule is CC(=O)N1CCc2c(c(N3CCCc4cc(-c5cnn(C)c5)c(C(F)F)cc43)nn2C2CCN(CCN3CCN(C#Cc4ccc5c(c4)n(C)c(=O)n5C4CCC(=O)NC4=O)CC3)CC2)C1. The van der Waals surface area contributed by atoms with Gasteiger partial charge in [0.1, 0.15) is 6.04 Å². The fourth-order valence-corrected chi connectivity index (χ4v) is 10.6. The van der Waals surface area contributed by atoms with Crippen LogP contribution < -0.4 is 15.9 Å². The first kappa shape index (κ1) is 43.6. The van der Waals surface area contributed by atoms with Gasteiger partial charge in [-0.25, -0.2) is 13.6 Å². The number of imide groups is 1. The number of aryl methyl sites for hydroxylation is 3. The number of carbonyl (C=O) groups excluding carboxylic acids is 3. The van der Waals surface area contributed by atoms with Gasteiger partial charge >= 0.3 is 5.69 Å². The highest BCUT2D eigenvalue weighted by atomic mass is 19.3. The summed E-state index contributed by atoms with van der Waals surface area (Å²) in [5.74, 6) is 3.32. The van der Waals surface area contributed by atoms with E-state index in [9.17, 15) is 28.0 Å². The zero-order valence-corrected chi connectivity index (χ0v) is 37.8. The Hall–Kier alpha value is -6.32. The summed E-state index contributed by atoms with van der Waals surface area (Å²) >= 11 is 0. The average Bonchev–Trinajstić information content (AvgIpc) is 4.00. The molecule has 1 atom stereocenters. The number of amides is 3. The predicted octanol–water partition coefficient (Wildman–Crippen LogP) is 4.10. The van der Waals surface area contributed by atoms with Gasteiger partial charge in [0.2, 0.25) is 17.7 Å². The van der Waals surface area contributed by atoms with Crippen molar-refractivity contribution >= 4 is 40.3 Å². The zero-order valence-electron chi connectivity index (χ0n) is 37.8. The molecule has 66 heavy (non-hydrogen) atoms. The number of anilines is 2. The molecule has 0 radical (unpaired) electrons. The van der Waals surface area contributed by atoms with E-state index in [1.54, 1.807) is 44.2 Å². The molecular formula is C48H56F2N12O4. The molecule has 2 aromatic carbocycles. The Kier molecular flexibility index (Phi) is 11.8. The molecule has 0 bridgehead atoms. The Labute approximate surface area is 381 Å². The molecule has 16 nitrogen and oxygen atoms in total. The average molecular weight is 903 g/mol. The van der Waals surface area contributed by atoms with Crippen molar-refractivity contribution in [1.29, 1.82) is 0 Å². The highest BCUT2D eigenvalue weighted by Crippen LogP contribution is 2.44. The highest BCUT2D eigenvalue weighted by Gasteiger charge is 2.35. The molecule has 5 aromatic rings. The lowest BCUT2D eigenvalue weighted by Gasteiger charge is -2.37. The Morgan fingerprint density at radius 2 is 1.67 bits per heavy atom. The summed E-state index contributed by atoms with van der Waals surface area (Å²) in [5, 5.41) is 11.9. The van der Waals surface area contributed by atoms with Crippen molar-refractivity contribution < 1.29 is 23.2 Å². The first-order valence-electron chi connectivity index (χ1n) is 23.2. The second-order valence-electron chi connectivity index (χ2n) is 18.4. The summed E-state index contributed by atoms with van der Waals surface area (Å²) in [6.07, 6.45) is 5.50. The van der Waals surface area contributed by atoms with Gasteiger partial charge in [-0.2, -0.15) is 10.2 Å². The number of carbonyl (C=O) groups is 3. The van der Waals surface area contributed by atoms with Crippen LogP contribution in [-0.4, -0.2) is 131 Å². The second-order valence-corrected chi connectivity index (χ2v) is 18.4. The lowest BCUT2D eigenvalue weighted by atomic mass is 9.92. The van der Waals surface area contributed by atoms with Crippen molar-refractivity contribution in [3.05, 3.63) is 81.2 Å². The summed E-state index contributed by atoms with van der Waals surface area (Å²) in [6.45, 7) is 10.7. The number of hydrogen-bond acceptors (Lipinski definition) is 10. The maximum absolute atomic E-state index is 14.7. The quantitative estimate of drug-likeness (QED) is 0.179. The predicted molar refractivity (Wildman–Crippen MR) is 244 cm³/mol. The normalized spacial score (nSPS) is 19.8. The summed E-state index contributed by atoms with van der Waals surface area (Å²) in [5.41, 5.74) is 6.95. The van der Waals surface area contributed by atoms with Crippen LogP contribution in [0, 0.1) is 12.0 Å². The third-order valence-electron chi connectivity index (χ3n) is 14.4. The smallest absolute Gasteiger partial charge is 0.329 e. The van der Waals surface area contributed by atoms with Gasteiger partial charge in [0.05, 0.1) is 29.8 Å². The molecule has 3 fully saturated rings. The van der Waals surface area contributed by atoms with Crippen LogP contribution in [0.15, 0.2) is 47.5 Å².